The standard InChI is InChI=1S/C20H28N6O/c1-25-10-12-26(13-11-25)17-6-4-16(5-7-17)23-20-21-9-8-19(24-20)22-15-18-3-2-14-27-18/h4-9,18H,2-3,10-15H2,1H3,(H2,21,22,23,24). The highest BCUT2D eigenvalue weighted by Gasteiger charge is 2.15. The Kier molecular flexibility index (Phi) is 5.69. The monoisotopic (exact) mass is 368 g/mol. The fourth-order valence-electron chi connectivity index (χ4n) is 3.49. The Balaban J connectivity index is 1.33. The van der Waals surface area contributed by atoms with Gasteiger partial charge >= 0.3 is 0 Å². The zero-order chi connectivity index (χ0) is 18.5. The number of likely N-dealkylation sites (N-methyl/N-ethyl adjacent to an activating group) is 1. The van der Waals surface area contributed by atoms with Crippen LogP contribution in [0.3, 0.4) is 0 Å². The second-order valence-corrected chi connectivity index (χ2v) is 7.24. The summed E-state index contributed by atoms with van der Waals surface area (Å²) in [6.45, 7) is 6.03. The number of nitrogens with one attached hydrogen (secondary N) is 2. The van der Waals surface area contributed by atoms with E-state index in [2.05, 4.69) is 61.7 Å². The summed E-state index contributed by atoms with van der Waals surface area (Å²) >= 11 is 0. The van der Waals surface area contributed by atoms with E-state index < -0.39 is 0 Å². The summed E-state index contributed by atoms with van der Waals surface area (Å²) in [4.78, 5) is 13.7. The van der Waals surface area contributed by atoms with E-state index in [1.54, 1.807) is 6.20 Å². The van der Waals surface area contributed by atoms with E-state index in [1.807, 2.05) is 6.07 Å². The summed E-state index contributed by atoms with van der Waals surface area (Å²) in [6.07, 6.45) is 4.32. The third kappa shape index (κ3) is 4.87. The molecule has 1 atom stereocenters. The maximum atomic E-state index is 5.64. The Morgan fingerprint density at radius 3 is 2.67 bits per heavy atom. The topological polar surface area (TPSA) is 65.5 Å². The molecule has 0 radical (unpaired) electrons. The van der Waals surface area contributed by atoms with Crippen LogP contribution in [0.5, 0.6) is 0 Å². The molecule has 1 aromatic carbocycles. The minimum Gasteiger partial charge on any atom is -0.376 e. The third-order valence-corrected chi connectivity index (χ3v) is 5.18. The molecule has 2 N–H and O–H groups in total. The molecule has 2 aromatic rings. The van der Waals surface area contributed by atoms with Crippen LogP contribution in [-0.2, 0) is 4.74 Å². The summed E-state index contributed by atoms with van der Waals surface area (Å²) in [5, 5.41) is 6.63. The average molecular weight is 368 g/mol. The van der Waals surface area contributed by atoms with Crippen LogP contribution in [0, 0.1) is 0 Å². The molecule has 0 bridgehead atoms. The van der Waals surface area contributed by atoms with Crippen molar-refractivity contribution >= 4 is 23.1 Å². The van der Waals surface area contributed by atoms with Crippen LogP contribution in [0.2, 0.25) is 0 Å². The van der Waals surface area contributed by atoms with Crippen molar-refractivity contribution < 1.29 is 4.74 Å². The Labute approximate surface area is 160 Å². The van der Waals surface area contributed by atoms with Crippen LogP contribution in [0.25, 0.3) is 0 Å². The molecule has 7 nitrogen and oxygen atoms in total. The quantitative estimate of drug-likeness (QED) is 0.812. The molecule has 2 saturated heterocycles. The Morgan fingerprint density at radius 2 is 1.93 bits per heavy atom. The molecule has 1 unspecified atom stereocenters. The van der Waals surface area contributed by atoms with Crippen LogP contribution in [0.1, 0.15) is 12.8 Å². The van der Waals surface area contributed by atoms with E-state index in [-0.39, 0.29) is 0 Å². The predicted molar refractivity (Wildman–Crippen MR) is 109 cm³/mol. The van der Waals surface area contributed by atoms with Crippen molar-refractivity contribution in [3.05, 3.63) is 36.5 Å². The first-order chi connectivity index (χ1) is 13.3. The molecule has 2 aliphatic heterocycles. The fraction of sp³-hybridized carbons (Fsp3) is 0.500. The summed E-state index contributed by atoms with van der Waals surface area (Å²) in [5.41, 5.74) is 2.26. The van der Waals surface area contributed by atoms with Gasteiger partial charge in [0.1, 0.15) is 5.82 Å². The number of rotatable bonds is 6. The molecular weight excluding hydrogens is 340 g/mol. The Morgan fingerprint density at radius 1 is 1.11 bits per heavy atom. The largest absolute Gasteiger partial charge is 0.376 e. The van der Waals surface area contributed by atoms with Gasteiger partial charge in [-0.15, -0.1) is 0 Å². The minimum atomic E-state index is 0.290. The lowest BCUT2D eigenvalue weighted by atomic mass is 10.2. The number of ether oxygens (including phenoxy) is 1. The summed E-state index contributed by atoms with van der Waals surface area (Å²) < 4.78 is 5.64. The number of hydrogen-bond donors (Lipinski definition) is 2. The van der Waals surface area contributed by atoms with Gasteiger partial charge in [0, 0.05) is 56.9 Å². The number of aromatic nitrogens is 2. The van der Waals surface area contributed by atoms with Gasteiger partial charge in [0.05, 0.1) is 6.10 Å². The van der Waals surface area contributed by atoms with Crippen molar-refractivity contribution in [1.29, 1.82) is 0 Å². The molecule has 0 amide bonds. The summed E-state index contributed by atoms with van der Waals surface area (Å²) in [6, 6.07) is 10.4. The first-order valence-corrected chi connectivity index (χ1v) is 9.75. The van der Waals surface area contributed by atoms with Crippen molar-refractivity contribution in [2.75, 3.05) is 61.9 Å². The number of benzene rings is 1. The highest BCUT2D eigenvalue weighted by atomic mass is 16.5. The molecular formula is C20H28N6O. The summed E-state index contributed by atoms with van der Waals surface area (Å²) in [5.74, 6) is 1.41. The SMILES string of the molecule is CN1CCN(c2ccc(Nc3nccc(NCC4CCCO4)n3)cc2)CC1. The van der Waals surface area contributed by atoms with E-state index in [0.29, 0.717) is 12.1 Å². The molecule has 144 valence electrons. The molecule has 2 fully saturated rings. The summed E-state index contributed by atoms with van der Waals surface area (Å²) in [7, 11) is 2.17. The van der Waals surface area contributed by atoms with Crippen molar-refractivity contribution in [2.45, 2.75) is 18.9 Å². The highest BCUT2D eigenvalue weighted by molar-refractivity contribution is 5.60. The van der Waals surface area contributed by atoms with Gasteiger partial charge in [-0.1, -0.05) is 0 Å². The van der Waals surface area contributed by atoms with Gasteiger partial charge in [-0.3, -0.25) is 0 Å². The van der Waals surface area contributed by atoms with Crippen LogP contribution >= 0.6 is 0 Å². The van der Waals surface area contributed by atoms with E-state index in [0.717, 1.165) is 63.7 Å². The number of anilines is 4. The first-order valence-electron chi connectivity index (χ1n) is 9.75. The zero-order valence-corrected chi connectivity index (χ0v) is 15.9. The van der Waals surface area contributed by atoms with E-state index in [1.165, 1.54) is 5.69 Å². The number of hydrogen-bond acceptors (Lipinski definition) is 7. The molecule has 4 rings (SSSR count). The minimum absolute atomic E-state index is 0.290. The molecule has 27 heavy (non-hydrogen) atoms. The van der Waals surface area contributed by atoms with E-state index >= 15 is 0 Å². The molecule has 0 saturated carbocycles. The van der Waals surface area contributed by atoms with Crippen LogP contribution in [-0.4, -0.2) is 67.4 Å². The van der Waals surface area contributed by atoms with Crippen molar-refractivity contribution in [3.63, 3.8) is 0 Å². The van der Waals surface area contributed by atoms with Gasteiger partial charge in [0.15, 0.2) is 0 Å². The molecule has 2 aliphatic rings. The lowest BCUT2D eigenvalue weighted by molar-refractivity contribution is 0.120. The predicted octanol–water partition coefficient (Wildman–Crippen LogP) is 2.56. The van der Waals surface area contributed by atoms with E-state index in [4.69, 9.17) is 4.74 Å². The maximum Gasteiger partial charge on any atom is 0.229 e. The lowest BCUT2D eigenvalue weighted by Crippen LogP contribution is -2.44. The number of nitrogens with zero attached hydrogens (tertiary/aromatic N) is 4. The maximum absolute atomic E-state index is 5.64. The average Bonchev–Trinajstić information content (AvgIpc) is 3.22. The van der Waals surface area contributed by atoms with Crippen molar-refractivity contribution in [3.8, 4) is 0 Å². The van der Waals surface area contributed by atoms with Gasteiger partial charge in [-0.05, 0) is 50.2 Å². The Bertz CT molecular complexity index is 724. The van der Waals surface area contributed by atoms with Crippen molar-refractivity contribution in [1.82, 2.24) is 14.9 Å². The number of piperazine rings is 1. The second-order valence-electron chi connectivity index (χ2n) is 7.24. The van der Waals surface area contributed by atoms with Gasteiger partial charge in [-0.25, -0.2) is 4.98 Å². The smallest absolute Gasteiger partial charge is 0.229 e. The Hall–Kier alpha value is -2.38. The fourth-order valence-corrected chi connectivity index (χ4v) is 3.49. The van der Waals surface area contributed by atoms with E-state index in [9.17, 15) is 0 Å². The van der Waals surface area contributed by atoms with Crippen LogP contribution in [0.4, 0.5) is 23.1 Å². The third-order valence-electron chi connectivity index (χ3n) is 5.18. The molecule has 0 aliphatic carbocycles. The van der Waals surface area contributed by atoms with Gasteiger partial charge < -0.3 is 25.2 Å². The van der Waals surface area contributed by atoms with Gasteiger partial charge in [-0.2, -0.15) is 4.98 Å². The lowest BCUT2D eigenvalue weighted by Gasteiger charge is -2.34. The van der Waals surface area contributed by atoms with Crippen LogP contribution < -0.4 is 15.5 Å². The van der Waals surface area contributed by atoms with Gasteiger partial charge in [0.2, 0.25) is 5.95 Å². The normalized spacial score (nSPS) is 20.6. The molecule has 7 heteroatoms. The zero-order valence-electron chi connectivity index (χ0n) is 15.9. The van der Waals surface area contributed by atoms with Gasteiger partial charge in [0.25, 0.3) is 0 Å². The second kappa shape index (κ2) is 8.54. The highest BCUT2D eigenvalue weighted by Crippen LogP contribution is 2.21. The van der Waals surface area contributed by atoms with Crippen LogP contribution in [0.15, 0.2) is 36.5 Å². The molecule has 0 spiro atoms. The van der Waals surface area contributed by atoms with Crippen molar-refractivity contribution in [2.24, 2.45) is 0 Å². The first kappa shape index (κ1) is 18.0. The molecule has 3 heterocycles. The molecule has 1 aromatic heterocycles.